The molecule has 0 unspecified atom stereocenters. The zero-order chi connectivity index (χ0) is 7.84. The third kappa shape index (κ3) is 0.689. The summed E-state index contributed by atoms with van der Waals surface area (Å²) in [4.78, 5) is 7.96. The molecule has 0 aliphatic heterocycles. The van der Waals surface area contributed by atoms with Gasteiger partial charge < -0.3 is 10.9 Å². The number of hydrogen-bond donors (Lipinski definition) is 2. The number of H-pyrrole nitrogens is 1. The Balaban J connectivity index is 2.95. The Morgan fingerprint density at radius 1 is 1.64 bits per heavy atom. The minimum absolute atomic E-state index is 0.262. The summed E-state index contributed by atoms with van der Waals surface area (Å²) in [6.07, 6.45) is 2.78. The number of hydrogen-bond acceptors (Lipinski definition) is 4. The van der Waals surface area contributed by atoms with E-state index in [4.69, 9.17) is 5.73 Å². The highest BCUT2D eigenvalue weighted by molar-refractivity contribution is 5.81. The Hall–Kier alpha value is -1.85. The van der Waals surface area contributed by atoms with Crippen molar-refractivity contribution in [2.45, 2.75) is 0 Å². The molecule has 0 saturated heterocycles. The first-order chi connectivity index (χ1) is 5.29. The van der Waals surface area contributed by atoms with Gasteiger partial charge in [-0.25, -0.2) is 10.1 Å². The Morgan fingerprint density at radius 3 is 3.18 bits per heavy atom. The van der Waals surface area contributed by atoms with E-state index < -0.39 is 0 Å². The van der Waals surface area contributed by atoms with E-state index in [9.17, 15) is 5.21 Å². The summed E-state index contributed by atoms with van der Waals surface area (Å²) in [5.74, 6) is 0.288. The third-order valence-corrected chi connectivity index (χ3v) is 1.40. The Morgan fingerprint density at radius 2 is 2.45 bits per heavy atom. The number of anilines is 1. The van der Waals surface area contributed by atoms with E-state index in [0.29, 0.717) is 10.2 Å². The maximum atomic E-state index is 10.9. The highest BCUT2D eigenvalue weighted by atomic mass is 16.5. The molecule has 6 nitrogen and oxygen atoms in total. The van der Waals surface area contributed by atoms with Crippen LogP contribution in [0.1, 0.15) is 0 Å². The summed E-state index contributed by atoms with van der Waals surface area (Å²) in [6.45, 7) is 0. The van der Waals surface area contributed by atoms with Gasteiger partial charge in [0.2, 0.25) is 6.33 Å². The van der Waals surface area contributed by atoms with Gasteiger partial charge in [0.1, 0.15) is 5.39 Å². The molecule has 0 amide bonds. The molecule has 2 aromatic rings. The molecule has 0 radical (unpaired) electrons. The standard InChI is InChI=1S/C5H5N5O/c6-4-3-1-7-2-8-5(3)10(11)9-4/h1-2,9H,6H2. The smallest absolute Gasteiger partial charge is 0.359 e. The average molecular weight is 151 g/mol. The maximum absolute atomic E-state index is 10.9. The van der Waals surface area contributed by atoms with E-state index >= 15 is 0 Å². The lowest BCUT2D eigenvalue weighted by atomic mass is 10.4. The molecule has 0 saturated carbocycles. The molecular formula is C5H5N5O. The summed E-state index contributed by atoms with van der Waals surface area (Å²) in [5, 5.41) is 13.8. The molecule has 2 rings (SSSR count). The van der Waals surface area contributed by atoms with Gasteiger partial charge in [-0.15, -0.1) is 0 Å². The van der Waals surface area contributed by atoms with Gasteiger partial charge in [0.05, 0.1) is 6.20 Å². The van der Waals surface area contributed by atoms with Crippen molar-refractivity contribution in [3.8, 4) is 0 Å². The number of nitrogen functional groups attached to an aromatic ring is 1. The second-order valence-electron chi connectivity index (χ2n) is 2.08. The van der Waals surface area contributed by atoms with E-state index in [-0.39, 0.29) is 11.5 Å². The number of fused-ring (bicyclic) bond motifs is 1. The molecule has 0 spiro atoms. The zero-order valence-electron chi connectivity index (χ0n) is 5.48. The van der Waals surface area contributed by atoms with Gasteiger partial charge in [-0.1, -0.05) is 0 Å². The normalized spacial score (nSPS) is 10.5. The van der Waals surface area contributed by atoms with Gasteiger partial charge in [-0.05, 0) is 4.98 Å². The molecule has 3 N–H and O–H groups in total. The Bertz CT molecular complexity index is 359. The van der Waals surface area contributed by atoms with E-state index in [1.54, 1.807) is 0 Å². The highest BCUT2D eigenvalue weighted by Gasteiger charge is 2.10. The number of aromatic amines is 1. The number of rotatable bonds is 0. The number of aromatic nitrogens is 4. The van der Waals surface area contributed by atoms with Crippen molar-refractivity contribution in [1.29, 1.82) is 0 Å². The lowest BCUT2D eigenvalue weighted by Gasteiger charge is -1.90. The van der Waals surface area contributed by atoms with Crippen molar-refractivity contribution in [2.75, 3.05) is 5.73 Å². The van der Waals surface area contributed by atoms with Crippen LogP contribution in [0.3, 0.4) is 0 Å². The third-order valence-electron chi connectivity index (χ3n) is 1.40. The summed E-state index contributed by atoms with van der Waals surface area (Å²) in [6, 6.07) is 0. The fourth-order valence-electron chi connectivity index (χ4n) is 0.898. The molecule has 0 aliphatic rings. The second-order valence-corrected chi connectivity index (χ2v) is 2.08. The molecule has 2 heterocycles. The molecule has 6 heteroatoms. The molecule has 11 heavy (non-hydrogen) atoms. The highest BCUT2D eigenvalue weighted by Crippen LogP contribution is 2.10. The van der Waals surface area contributed by atoms with Crippen molar-refractivity contribution < 1.29 is 4.85 Å². The summed E-state index contributed by atoms with van der Waals surface area (Å²) in [7, 11) is 0. The van der Waals surface area contributed by atoms with E-state index in [1.807, 2.05) is 0 Å². The first kappa shape index (κ1) is 5.90. The van der Waals surface area contributed by atoms with Crippen molar-refractivity contribution in [3.63, 3.8) is 0 Å². The van der Waals surface area contributed by atoms with Crippen LogP contribution in [-0.4, -0.2) is 15.1 Å². The second kappa shape index (κ2) is 1.82. The van der Waals surface area contributed by atoms with E-state index in [0.717, 1.165) is 0 Å². The quantitative estimate of drug-likeness (QED) is 0.379. The molecule has 2 aromatic heterocycles. The lowest BCUT2D eigenvalue weighted by molar-refractivity contribution is -0.640. The molecular weight excluding hydrogens is 146 g/mol. The van der Waals surface area contributed by atoms with E-state index in [1.165, 1.54) is 12.5 Å². The maximum Gasteiger partial charge on any atom is 0.359 e. The Labute approximate surface area is 61.2 Å². The number of nitrogens with one attached hydrogen (secondary N) is 1. The van der Waals surface area contributed by atoms with E-state index in [2.05, 4.69) is 15.1 Å². The monoisotopic (exact) mass is 151 g/mol. The molecule has 0 aromatic carbocycles. The van der Waals surface area contributed by atoms with Crippen LogP contribution >= 0.6 is 0 Å². The first-order valence-corrected chi connectivity index (χ1v) is 2.96. The van der Waals surface area contributed by atoms with Crippen molar-refractivity contribution in [2.24, 2.45) is 0 Å². The van der Waals surface area contributed by atoms with Crippen LogP contribution in [0.2, 0.25) is 0 Å². The van der Waals surface area contributed by atoms with Crippen LogP contribution in [-0.2, 0) is 0 Å². The molecule has 0 atom stereocenters. The van der Waals surface area contributed by atoms with Crippen molar-refractivity contribution in [3.05, 3.63) is 17.7 Å². The van der Waals surface area contributed by atoms with Crippen LogP contribution in [0.4, 0.5) is 5.82 Å². The van der Waals surface area contributed by atoms with Crippen molar-refractivity contribution in [1.82, 2.24) is 15.1 Å². The van der Waals surface area contributed by atoms with Gasteiger partial charge in [-0.2, -0.15) is 4.85 Å². The van der Waals surface area contributed by atoms with Crippen LogP contribution in [0, 0.1) is 5.21 Å². The van der Waals surface area contributed by atoms with Crippen LogP contribution in [0.5, 0.6) is 0 Å². The van der Waals surface area contributed by atoms with Gasteiger partial charge in [0, 0.05) is 0 Å². The number of nitrogens with two attached hydrogens (primary N) is 1. The minimum atomic E-state index is 0.262. The lowest BCUT2D eigenvalue weighted by Crippen LogP contribution is -2.28. The summed E-state index contributed by atoms with van der Waals surface area (Å²) in [5.41, 5.74) is 5.68. The van der Waals surface area contributed by atoms with Crippen LogP contribution in [0.15, 0.2) is 12.5 Å². The molecule has 0 fully saturated rings. The summed E-state index contributed by atoms with van der Waals surface area (Å²) >= 11 is 0. The predicted octanol–water partition coefficient (Wildman–Crippen LogP) is -0.826. The van der Waals surface area contributed by atoms with Crippen LogP contribution < -0.4 is 10.6 Å². The SMILES string of the molecule is Nc1[nH][n+]([O-])c2ncncc12. The average Bonchev–Trinajstić information content (AvgIpc) is 2.30. The van der Waals surface area contributed by atoms with Crippen molar-refractivity contribution >= 4 is 16.9 Å². The minimum Gasteiger partial charge on any atom is -0.692 e. The largest absolute Gasteiger partial charge is 0.692 e. The molecule has 56 valence electrons. The first-order valence-electron chi connectivity index (χ1n) is 2.96. The van der Waals surface area contributed by atoms with Gasteiger partial charge >= 0.3 is 5.65 Å². The fourth-order valence-corrected chi connectivity index (χ4v) is 0.898. The Kier molecular flexibility index (Phi) is 0.974. The van der Waals surface area contributed by atoms with Gasteiger partial charge in [-0.3, -0.25) is 0 Å². The molecule has 0 aliphatic carbocycles. The molecule has 0 bridgehead atoms. The summed E-state index contributed by atoms with van der Waals surface area (Å²) < 4.78 is 0. The topological polar surface area (TPSA) is 94.5 Å². The van der Waals surface area contributed by atoms with Gasteiger partial charge in [0.15, 0.2) is 5.82 Å². The predicted molar refractivity (Wildman–Crippen MR) is 37.3 cm³/mol. The van der Waals surface area contributed by atoms with Gasteiger partial charge in [0.25, 0.3) is 0 Å². The van der Waals surface area contributed by atoms with Crippen LogP contribution in [0.25, 0.3) is 11.0 Å². The zero-order valence-corrected chi connectivity index (χ0v) is 5.48. The number of nitrogens with zero attached hydrogens (tertiary/aromatic N) is 3. The fraction of sp³-hybridized carbons (Fsp3) is 0.